The molecule has 1 amide bonds. The molecular formula is C21H20N2O2. The summed E-state index contributed by atoms with van der Waals surface area (Å²) in [5.74, 6) is 0.844. The van der Waals surface area contributed by atoms with Gasteiger partial charge < -0.3 is 14.2 Å². The molecule has 4 nitrogen and oxygen atoms in total. The van der Waals surface area contributed by atoms with Crippen LogP contribution in [0.25, 0.3) is 10.9 Å². The minimum atomic E-state index is 0.0529. The molecule has 126 valence electrons. The molecule has 1 aliphatic heterocycles. The Morgan fingerprint density at radius 2 is 2.00 bits per heavy atom. The summed E-state index contributed by atoms with van der Waals surface area (Å²) in [6.45, 7) is 5.22. The van der Waals surface area contributed by atoms with E-state index in [1.54, 1.807) is 7.11 Å². The van der Waals surface area contributed by atoms with Crippen molar-refractivity contribution in [3.63, 3.8) is 0 Å². The van der Waals surface area contributed by atoms with Crippen LogP contribution < -0.4 is 4.74 Å². The fourth-order valence-corrected chi connectivity index (χ4v) is 3.54. The third kappa shape index (κ3) is 2.60. The molecule has 0 spiro atoms. The molecule has 0 saturated heterocycles. The molecule has 25 heavy (non-hydrogen) atoms. The quantitative estimate of drug-likeness (QED) is 0.676. The molecule has 0 N–H and O–H groups in total. The van der Waals surface area contributed by atoms with Gasteiger partial charge in [0.2, 0.25) is 0 Å². The zero-order valence-corrected chi connectivity index (χ0v) is 14.2. The second kappa shape index (κ2) is 6.13. The molecule has 4 rings (SSSR count). The fourth-order valence-electron chi connectivity index (χ4n) is 3.54. The average Bonchev–Trinajstić information content (AvgIpc) is 3.04. The highest BCUT2D eigenvalue weighted by molar-refractivity contribution is 6.00. The smallest absolute Gasteiger partial charge is 0.270 e. The first-order valence-corrected chi connectivity index (χ1v) is 8.36. The van der Waals surface area contributed by atoms with Crippen molar-refractivity contribution in [3.05, 3.63) is 78.5 Å². The van der Waals surface area contributed by atoms with Crippen LogP contribution in [0.1, 0.15) is 22.1 Å². The zero-order chi connectivity index (χ0) is 17.4. The van der Waals surface area contributed by atoms with Crippen molar-refractivity contribution in [1.82, 2.24) is 9.47 Å². The van der Waals surface area contributed by atoms with Gasteiger partial charge in [-0.3, -0.25) is 4.79 Å². The summed E-state index contributed by atoms with van der Waals surface area (Å²) >= 11 is 0. The first-order chi connectivity index (χ1) is 12.2. The van der Waals surface area contributed by atoms with Crippen molar-refractivity contribution >= 4 is 16.8 Å². The Balaban J connectivity index is 1.77. The van der Waals surface area contributed by atoms with Crippen molar-refractivity contribution in [1.29, 1.82) is 0 Å². The van der Waals surface area contributed by atoms with E-state index in [4.69, 9.17) is 4.74 Å². The van der Waals surface area contributed by atoms with Gasteiger partial charge in [-0.1, -0.05) is 36.4 Å². The highest BCUT2D eigenvalue weighted by atomic mass is 16.5. The van der Waals surface area contributed by atoms with Crippen LogP contribution in [0.4, 0.5) is 0 Å². The maximum atomic E-state index is 13.0. The van der Waals surface area contributed by atoms with Gasteiger partial charge in [0.15, 0.2) is 0 Å². The van der Waals surface area contributed by atoms with E-state index in [0.29, 0.717) is 18.8 Å². The van der Waals surface area contributed by atoms with E-state index in [1.807, 2.05) is 65.6 Å². The summed E-state index contributed by atoms with van der Waals surface area (Å²) in [6, 6.07) is 18.0. The molecule has 1 aromatic heterocycles. The summed E-state index contributed by atoms with van der Waals surface area (Å²) in [5.41, 5.74) is 2.87. The lowest BCUT2D eigenvalue weighted by atomic mass is 10.1. The van der Waals surface area contributed by atoms with Gasteiger partial charge in [-0.25, -0.2) is 0 Å². The molecule has 0 fully saturated rings. The van der Waals surface area contributed by atoms with Crippen LogP contribution in [0.15, 0.2) is 67.3 Å². The van der Waals surface area contributed by atoms with Crippen molar-refractivity contribution < 1.29 is 9.53 Å². The molecule has 3 aromatic rings. The SMILES string of the molecule is C=C[C@@H]1CN(Cc2ccccc2)C(=O)c2cc3cc(OC)ccc3n21. The predicted molar refractivity (Wildman–Crippen MR) is 98.9 cm³/mol. The molecular weight excluding hydrogens is 312 g/mol. The summed E-state index contributed by atoms with van der Waals surface area (Å²) in [7, 11) is 1.65. The number of ether oxygens (including phenoxy) is 1. The van der Waals surface area contributed by atoms with Crippen LogP contribution >= 0.6 is 0 Å². The van der Waals surface area contributed by atoms with E-state index in [9.17, 15) is 4.79 Å². The zero-order valence-electron chi connectivity index (χ0n) is 14.2. The van der Waals surface area contributed by atoms with Crippen LogP contribution in [-0.4, -0.2) is 29.0 Å². The molecule has 2 aromatic carbocycles. The molecule has 1 aliphatic rings. The van der Waals surface area contributed by atoms with E-state index in [-0.39, 0.29) is 11.9 Å². The Hall–Kier alpha value is -3.01. The summed E-state index contributed by atoms with van der Waals surface area (Å²) in [5, 5.41) is 1.01. The number of hydrogen-bond donors (Lipinski definition) is 0. The normalized spacial score (nSPS) is 16.8. The van der Waals surface area contributed by atoms with E-state index < -0.39 is 0 Å². The molecule has 2 heterocycles. The van der Waals surface area contributed by atoms with E-state index in [0.717, 1.165) is 22.2 Å². The maximum absolute atomic E-state index is 13.0. The number of rotatable bonds is 4. The highest BCUT2D eigenvalue weighted by Gasteiger charge is 2.31. The Labute approximate surface area is 146 Å². The van der Waals surface area contributed by atoms with E-state index in [2.05, 4.69) is 11.1 Å². The number of hydrogen-bond acceptors (Lipinski definition) is 2. The number of aromatic nitrogens is 1. The van der Waals surface area contributed by atoms with Crippen molar-refractivity contribution in [2.24, 2.45) is 0 Å². The van der Waals surface area contributed by atoms with Gasteiger partial charge >= 0.3 is 0 Å². The highest BCUT2D eigenvalue weighted by Crippen LogP contribution is 2.32. The van der Waals surface area contributed by atoms with Crippen LogP contribution in [0.2, 0.25) is 0 Å². The van der Waals surface area contributed by atoms with Crippen LogP contribution in [-0.2, 0) is 6.54 Å². The summed E-state index contributed by atoms with van der Waals surface area (Å²) < 4.78 is 7.40. The molecule has 0 unspecified atom stereocenters. The first-order valence-electron chi connectivity index (χ1n) is 8.36. The third-order valence-corrected chi connectivity index (χ3v) is 4.78. The third-order valence-electron chi connectivity index (χ3n) is 4.78. The van der Waals surface area contributed by atoms with Crippen LogP contribution in [0, 0.1) is 0 Å². The molecule has 0 saturated carbocycles. The average molecular weight is 332 g/mol. The number of fused-ring (bicyclic) bond motifs is 3. The Morgan fingerprint density at radius 1 is 1.20 bits per heavy atom. The number of carbonyl (C=O) groups is 1. The largest absolute Gasteiger partial charge is 0.497 e. The van der Waals surface area contributed by atoms with Crippen LogP contribution in [0.3, 0.4) is 0 Å². The lowest BCUT2D eigenvalue weighted by Crippen LogP contribution is -2.41. The Bertz CT molecular complexity index is 943. The van der Waals surface area contributed by atoms with Gasteiger partial charge in [-0.15, -0.1) is 6.58 Å². The lowest BCUT2D eigenvalue weighted by molar-refractivity contribution is 0.0676. The van der Waals surface area contributed by atoms with Gasteiger partial charge in [0, 0.05) is 24.0 Å². The second-order valence-corrected chi connectivity index (χ2v) is 6.30. The first kappa shape index (κ1) is 15.5. The standard InChI is InChI=1S/C21H20N2O2/c1-3-17-14-22(13-15-7-5-4-6-8-15)21(24)20-12-16-11-18(25-2)9-10-19(16)23(17)20/h3-12,17H,1,13-14H2,2H3/t17-/m1/s1. The van der Waals surface area contributed by atoms with Crippen molar-refractivity contribution in [2.75, 3.05) is 13.7 Å². The van der Waals surface area contributed by atoms with E-state index in [1.165, 1.54) is 0 Å². The van der Waals surface area contributed by atoms with Crippen LogP contribution in [0.5, 0.6) is 5.75 Å². The summed E-state index contributed by atoms with van der Waals surface area (Å²) in [4.78, 5) is 14.9. The number of carbonyl (C=O) groups excluding carboxylic acids is 1. The van der Waals surface area contributed by atoms with Gasteiger partial charge in [0.1, 0.15) is 11.4 Å². The minimum absolute atomic E-state index is 0.0529. The monoisotopic (exact) mass is 332 g/mol. The number of benzene rings is 2. The molecule has 4 heteroatoms. The predicted octanol–water partition coefficient (Wildman–Crippen LogP) is 4.03. The molecule has 1 atom stereocenters. The Morgan fingerprint density at radius 3 is 2.72 bits per heavy atom. The van der Waals surface area contributed by atoms with Gasteiger partial charge in [-0.2, -0.15) is 0 Å². The van der Waals surface area contributed by atoms with Crippen molar-refractivity contribution in [2.45, 2.75) is 12.6 Å². The van der Waals surface area contributed by atoms with Crippen molar-refractivity contribution in [3.8, 4) is 5.75 Å². The maximum Gasteiger partial charge on any atom is 0.270 e. The lowest BCUT2D eigenvalue weighted by Gasteiger charge is -2.33. The molecule has 0 radical (unpaired) electrons. The molecule has 0 aliphatic carbocycles. The van der Waals surface area contributed by atoms with Gasteiger partial charge in [-0.05, 0) is 29.8 Å². The topological polar surface area (TPSA) is 34.5 Å². The van der Waals surface area contributed by atoms with E-state index >= 15 is 0 Å². The Kier molecular flexibility index (Phi) is 3.80. The minimum Gasteiger partial charge on any atom is -0.497 e. The van der Waals surface area contributed by atoms with Gasteiger partial charge in [0.05, 0.1) is 13.2 Å². The second-order valence-electron chi connectivity index (χ2n) is 6.30. The number of amides is 1. The van der Waals surface area contributed by atoms with Gasteiger partial charge in [0.25, 0.3) is 5.91 Å². The summed E-state index contributed by atoms with van der Waals surface area (Å²) in [6.07, 6.45) is 1.91. The number of nitrogens with zero attached hydrogens (tertiary/aromatic N) is 2. The molecule has 0 bridgehead atoms. The number of methoxy groups -OCH3 is 1. The fraction of sp³-hybridized carbons (Fsp3) is 0.190.